The number of carbonyl (C=O) groups excluding carboxylic acids is 1. The van der Waals surface area contributed by atoms with Crippen molar-refractivity contribution in [3.05, 3.63) is 57.7 Å². The number of anilines is 1. The fourth-order valence-corrected chi connectivity index (χ4v) is 6.21. The number of carbonyl (C=O) groups is 1. The van der Waals surface area contributed by atoms with E-state index < -0.39 is 11.6 Å². The summed E-state index contributed by atoms with van der Waals surface area (Å²) in [4.78, 5) is 32.8. The van der Waals surface area contributed by atoms with Gasteiger partial charge < -0.3 is 20.9 Å². The lowest BCUT2D eigenvalue weighted by Crippen LogP contribution is -2.51. The molecule has 0 bridgehead atoms. The average molecular weight is 542 g/mol. The highest BCUT2D eigenvalue weighted by Crippen LogP contribution is 2.31. The van der Waals surface area contributed by atoms with Gasteiger partial charge in [-0.05, 0) is 62.1 Å². The molecule has 3 aliphatic heterocycles. The molecular weight excluding hydrogens is 504 g/mol. The standard InChI is InChI=1S/C28H37F2N7O2/c29-23-4-1-3-22(25(23)30)18-6-7-20(16-35(15-18)17-32-19-8-9-19)33-27(38)36-13-10-21(11-14-36)37-24-5-2-12-31-26(24)34-28(37)39/h1-5,18-21,31-32H,6-17H2,(H,33,38)(H,34,39)/t18-,20-/m1/s1. The molecule has 1 aromatic carbocycles. The Labute approximate surface area is 226 Å². The zero-order chi connectivity index (χ0) is 26.9. The van der Waals surface area contributed by atoms with E-state index in [0.29, 0.717) is 76.7 Å². The number of aromatic amines is 1. The molecule has 2 saturated heterocycles. The Kier molecular flexibility index (Phi) is 7.44. The third-order valence-corrected chi connectivity index (χ3v) is 8.51. The second kappa shape index (κ2) is 11.1. The molecule has 6 rings (SSSR count). The topological polar surface area (TPSA) is 97.4 Å². The van der Waals surface area contributed by atoms with Gasteiger partial charge in [0.2, 0.25) is 0 Å². The Morgan fingerprint density at radius 2 is 1.82 bits per heavy atom. The quantitative estimate of drug-likeness (QED) is 0.451. The maximum Gasteiger partial charge on any atom is 0.327 e. The third kappa shape index (κ3) is 5.74. The van der Waals surface area contributed by atoms with E-state index >= 15 is 0 Å². The Morgan fingerprint density at radius 1 is 1.03 bits per heavy atom. The molecule has 1 saturated carbocycles. The van der Waals surface area contributed by atoms with Gasteiger partial charge in [0, 0.05) is 57.5 Å². The fraction of sp³-hybridized carbons (Fsp3) is 0.571. The van der Waals surface area contributed by atoms with E-state index in [1.807, 2.05) is 21.6 Å². The highest BCUT2D eigenvalue weighted by molar-refractivity contribution is 5.74. The number of hydrogen-bond donors (Lipinski definition) is 4. The van der Waals surface area contributed by atoms with Crippen LogP contribution in [-0.4, -0.2) is 76.9 Å². The number of aromatic nitrogens is 2. The van der Waals surface area contributed by atoms with Gasteiger partial charge in [0.25, 0.3) is 0 Å². The van der Waals surface area contributed by atoms with E-state index in [1.54, 1.807) is 12.1 Å². The van der Waals surface area contributed by atoms with Crippen molar-refractivity contribution in [1.29, 1.82) is 0 Å². The molecule has 39 heavy (non-hydrogen) atoms. The van der Waals surface area contributed by atoms with Crippen molar-refractivity contribution < 1.29 is 13.6 Å². The molecule has 4 heterocycles. The zero-order valence-electron chi connectivity index (χ0n) is 22.1. The van der Waals surface area contributed by atoms with Crippen LogP contribution in [0.1, 0.15) is 61.7 Å². The van der Waals surface area contributed by atoms with Crippen LogP contribution in [0.4, 0.5) is 19.4 Å². The summed E-state index contributed by atoms with van der Waals surface area (Å²) in [5.74, 6) is -0.971. The third-order valence-electron chi connectivity index (χ3n) is 8.51. The maximum absolute atomic E-state index is 14.7. The molecular formula is C28H37F2N7O2. The molecule has 0 spiro atoms. The predicted octanol–water partition coefficient (Wildman–Crippen LogP) is 3.20. The number of H-pyrrole nitrogens is 1. The van der Waals surface area contributed by atoms with Crippen molar-refractivity contribution in [2.75, 3.05) is 44.7 Å². The van der Waals surface area contributed by atoms with Gasteiger partial charge in [0.05, 0.1) is 5.69 Å². The van der Waals surface area contributed by atoms with Crippen LogP contribution >= 0.6 is 0 Å². The van der Waals surface area contributed by atoms with E-state index in [9.17, 15) is 18.4 Å². The van der Waals surface area contributed by atoms with Crippen LogP contribution in [-0.2, 0) is 0 Å². The zero-order valence-corrected chi connectivity index (χ0v) is 22.1. The lowest BCUT2D eigenvalue weighted by atomic mass is 9.93. The summed E-state index contributed by atoms with van der Waals surface area (Å²) in [6.07, 6.45) is 9.05. The molecule has 1 aromatic heterocycles. The molecule has 9 nitrogen and oxygen atoms in total. The molecule has 3 fully saturated rings. The van der Waals surface area contributed by atoms with Gasteiger partial charge in [-0.1, -0.05) is 18.2 Å². The molecule has 210 valence electrons. The van der Waals surface area contributed by atoms with Crippen LogP contribution in [0.3, 0.4) is 0 Å². The molecule has 0 radical (unpaired) electrons. The molecule has 4 N–H and O–H groups in total. The largest absolute Gasteiger partial charge is 0.366 e. The second-order valence-electron chi connectivity index (χ2n) is 11.3. The summed E-state index contributed by atoms with van der Waals surface area (Å²) in [7, 11) is 0. The molecule has 0 unspecified atom stereocenters. The van der Waals surface area contributed by atoms with Gasteiger partial charge in [-0.2, -0.15) is 0 Å². The SMILES string of the molecule is O=C(N[C@@H]1CC[C@@H](c2cccc(F)c2F)CN(CNC2CC2)C1)N1CCC(n2c3c([nH]c2=O)NCC=C3)CC1. The van der Waals surface area contributed by atoms with Crippen molar-refractivity contribution in [2.24, 2.45) is 0 Å². The van der Waals surface area contributed by atoms with Crippen molar-refractivity contribution in [2.45, 2.75) is 62.6 Å². The number of hydrogen-bond acceptors (Lipinski definition) is 5. The summed E-state index contributed by atoms with van der Waals surface area (Å²) in [6, 6.07) is 4.77. The van der Waals surface area contributed by atoms with E-state index in [0.717, 1.165) is 30.4 Å². The van der Waals surface area contributed by atoms with Gasteiger partial charge in [-0.3, -0.25) is 14.5 Å². The first-order valence-corrected chi connectivity index (χ1v) is 14.2. The normalized spacial score (nSPS) is 24.2. The number of urea groups is 1. The minimum Gasteiger partial charge on any atom is -0.366 e. The Hall–Kier alpha value is -3.18. The first-order valence-electron chi connectivity index (χ1n) is 14.2. The summed E-state index contributed by atoms with van der Waals surface area (Å²) < 4.78 is 30.5. The maximum atomic E-state index is 14.7. The molecule has 2 atom stereocenters. The first-order chi connectivity index (χ1) is 19.0. The van der Waals surface area contributed by atoms with Gasteiger partial charge in [0.1, 0.15) is 5.82 Å². The first kappa shape index (κ1) is 26.1. The van der Waals surface area contributed by atoms with Gasteiger partial charge in [-0.15, -0.1) is 0 Å². The summed E-state index contributed by atoms with van der Waals surface area (Å²) in [5.41, 5.74) is 1.16. The van der Waals surface area contributed by atoms with Crippen LogP contribution in [0.2, 0.25) is 0 Å². The highest BCUT2D eigenvalue weighted by atomic mass is 19.2. The molecule has 11 heteroatoms. The van der Waals surface area contributed by atoms with Gasteiger partial charge in [-0.25, -0.2) is 18.4 Å². The second-order valence-corrected chi connectivity index (χ2v) is 11.3. The van der Waals surface area contributed by atoms with E-state index in [1.165, 1.54) is 0 Å². The van der Waals surface area contributed by atoms with Crippen LogP contribution in [0, 0.1) is 11.6 Å². The van der Waals surface area contributed by atoms with Crippen LogP contribution < -0.4 is 21.6 Å². The summed E-state index contributed by atoms with van der Waals surface area (Å²) in [6.45, 7) is 3.75. The van der Waals surface area contributed by atoms with Crippen LogP contribution in [0.15, 0.2) is 29.1 Å². The number of likely N-dealkylation sites (tertiary alicyclic amines) is 2. The number of fused-ring (bicyclic) bond motifs is 1. The number of nitrogens with zero attached hydrogens (tertiary/aromatic N) is 3. The van der Waals surface area contributed by atoms with Crippen molar-refractivity contribution in [3.8, 4) is 0 Å². The lowest BCUT2D eigenvalue weighted by Gasteiger charge is -2.34. The summed E-state index contributed by atoms with van der Waals surface area (Å²) >= 11 is 0. The van der Waals surface area contributed by atoms with Gasteiger partial charge >= 0.3 is 11.7 Å². The number of rotatable bonds is 6. The number of imidazole rings is 1. The van der Waals surface area contributed by atoms with E-state index in [-0.39, 0.29) is 29.7 Å². The van der Waals surface area contributed by atoms with E-state index in [4.69, 9.17) is 0 Å². The van der Waals surface area contributed by atoms with Gasteiger partial charge in [0.15, 0.2) is 11.6 Å². The predicted molar refractivity (Wildman–Crippen MR) is 146 cm³/mol. The summed E-state index contributed by atoms with van der Waals surface area (Å²) in [5, 5.41) is 9.95. The Morgan fingerprint density at radius 3 is 2.62 bits per heavy atom. The number of amides is 2. The van der Waals surface area contributed by atoms with Crippen LogP contribution in [0.5, 0.6) is 0 Å². The monoisotopic (exact) mass is 541 g/mol. The van der Waals surface area contributed by atoms with E-state index in [2.05, 4.69) is 25.8 Å². The number of benzene rings is 1. The highest BCUT2D eigenvalue weighted by Gasteiger charge is 2.32. The molecule has 2 aromatic rings. The Balaban J connectivity index is 1.08. The van der Waals surface area contributed by atoms with Crippen molar-refractivity contribution >= 4 is 17.9 Å². The minimum absolute atomic E-state index is 0.0369. The lowest BCUT2D eigenvalue weighted by molar-refractivity contribution is 0.162. The Bertz CT molecular complexity index is 1280. The van der Waals surface area contributed by atoms with Crippen LogP contribution in [0.25, 0.3) is 6.08 Å². The smallest absolute Gasteiger partial charge is 0.327 e. The average Bonchev–Trinajstić information content (AvgIpc) is 3.73. The molecule has 1 aliphatic carbocycles. The minimum atomic E-state index is -0.817. The fourth-order valence-electron chi connectivity index (χ4n) is 6.21. The number of piperidine rings is 1. The number of halogens is 2. The molecule has 2 amide bonds. The van der Waals surface area contributed by atoms with Crippen molar-refractivity contribution in [3.63, 3.8) is 0 Å². The molecule has 4 aliphatic rings. The van der Waals surface area contributed by atoms with Crippen molar-refractivity contribution in [1.82, 2.24) is 30.0 Å². The number of nitrogens with one attached hydrogen (secondary N) is 4.